The minimum Gasteiger partial charge on any atom is -0.463 e. The van der Waals surface area contributed by atoms with Crippen LogP contribution < -0.4 is 5.32 Å². The fourth-order valence-corrected chi connectivity index (χ4v) is 2.99. The molecule has 0 fully saturated rings. The molecular formula is C23H29NO3. The molecule has 2 N–H and O–H groups in total. The summed E-state index contributed by atoms with van der Waals surface area (Å²) in [6.45, 7) is 6.11. The Hall–Kier alpha value is -2.43. The summed E-state index contributed by atoms with van der Waals surface area (Å²) in [7, 11) is 0. The summed E-state index contributed by atoms with van der Waals surface area (Å²) in [5.74, 6) is -1.17. The molecule has 3 atom stereocenters. The van der Waals surface area contributed by atoms with E-state index in [9.17, 15) is 9.90 Å². The number of aliphatic hydroxyl groups excluding tert-OH is 1. The number of rotatable bonds is 9. The van der Waals surface area contributed by atoms with Crippen LogP contribution in [0, 0.1) is 5.92 Å². The SMILES string of the molecule is C/C=C/[C@@H](NCc1ccccc1)[C@@H](C(=O)OC(C)C)C(O)c1ccccc1. The lowest BCUT2D eigenvalue weighted by molar-refractivity contribution is -0.157. The number of allylic oxidation sites excluding steroid dienone is 1. The molecule has 0 radical (unpaired) electrons. The summed E-state index contributed by atoms with van der Waals surface area (Å²) in [5, 5.41) is 14.4. The van der Waals surface area contributed by atoms with Crippen LogP contribution in [0.2, 0.25) is 0 Å². The fourth-order valence-electron chi connectivity index (χ4n) is 2.99. The van der Waals surface area contributed by atoms with Crippen LogP contribution in [0.1, 0.15) is 38.0 Å². The number of carbonyl (C=O) groups excluding carboxylic acids is 1. The number of esters is 1. The van der Waals surface area contributed by atoms with E-state index >= 15 is 0 Å². The second-order valence-electron chi connectivity index (χ2n) is 6.79. The van der Waals surface area contributed by atoms with Gasteiger partial charge in [0.1, 0.15) is 5.92 Å². The zero-order valence-electron chi connectivity index (χ0n) is 16.2. The van der Waals surface area contributed by atoms with Crippen LogP contribution in [0.4, 0.5) is 0 Å². The molecule has 2 aromatic carbocycles. The lowest BCUT2D eigenvalue weighted by Gasteiger charge is -2.29. The molecule has 0 saturated heterocycles. The molecule has 4 heteroatoms. The van der Waals surface area contributed by atoms with Crippen LogP contribution in [0.3, 0.4) is 0 Å². The van der Waals surface area contributed by atoms with E-state index in [0.29, 0.717) is 12.1 Å². The lowest BCUT2D eigenvalue weighted by atomic mass is 9.88. The molecule has 0 bridgehead atoms. The predicted octanol–water partition coefficient (Wildman–Crippen LogP) is 4.02. The van der Waals surface area contributed by atoms with Gasteiger partial charge in [0, 0.05) is 12.6 Å². The van der Waals surface area contributed by atoms with Gasteiger partial charge in [0.25, 0.3) is 0 Å². The maximum absolute atomic E-state index is 12.8. The van der Waals surface area contributed by atoms with E-state index < -0.39 is 18.0 Å². The van der Waals surface area contributed by atoms with Gasteiger partial charge in [0.15, 0.2) is 0 Å². The Morgan fingerprint density at radius 2 is 1.67 bits per heavy atom. The normalized spacial score (nSPS) is 14.9. The van der Waals surface area contributed by atoms with E-state index in [1.807, 2.05) is 93.6 Å². The summed E-state index contributed by atoms with van der Waals surface area (Å²) in [6, 6.07) is 18.8. The molecular weight excluding hydrogens is 338 g/mol. The van der Waals surface area contributed by atoms with E-state index in [-0.39, 0.29) is 12.1 Å². The van der Waals surface area contributed by atoms with Crippen molar-refractivity contribution in [3.8, 4) is 0 Å². The van der Waals surface area contributed by atoms with Gasteiger partial charge in [-0.1, -0.05) is 72.8 Å². The van der Waals surface area contributed by atoms with Gasteiger partial charge in [-0.15, -0.1) is 0 Å². The van der Waals surface area contributed by atoms with Crippen molar-refractivity contribution < 1.29 is 14.6 Å². The van der Waals surface area contributed by atoms with Crippen molar-refractivity contribution in [2.45, 2.75) is 45.6 Å². The van der Waals surface area contributed by atoms with Crippen LogP contribution in [0.15, 0.2) is 72.8 Å². The molecule has 0 aliphatic heterocycles. The van der Waals surface area contributed by atoms with Gasteiger partial charge in [-0.25, -0.2) is 0 Å². The van der Waals surface area contributed by atoms with Crippen molar-refractivity contribution in [2.24, 2.45) is 5.92 Å². The lowest BCUT2D eigenvalue weighted by Crippen LogP contribution is -2.43. The first-order valence-corrected chi connectivity index (χ1v) is 9.36. The van der Waals surface area contributed by atoms with Crippen molar-refractivity contribution in [2.75, 3.05) is 0 Å². The molecule has 144 valence electrons. The van der Waals surface area contributed by atoms with Gasteiger partial charge in [-0.05, 0) is 31.9 Å². The van der Waals surface area contributed by atoms with E-state index in [2.05, 4.69) is 5.32 Å². The van der Waals surface area contributed by atoms with E-state index in [1.54, 1.807) is 0 Å². The van der Waals surface area contributed by atoms with Gasteiger partial charge in [-0.2, -0.15) is 0 Å². The molecule has 0 amide bonds. The highest BCUT2D eigenvalue weighted by Gasteiger charge is 2.35. The van der Waals surface area contributed by atoms with Gasteiger partial charge in [-0.3, -0.25) is 4.79 Å². The van der Waals surface area contributed by atoms with Gasteiger partial charge in [0.05, 0.1) is 12.2 Å². The molecule has 4 nitrogen and oxygen atoms in total. The van der Waals surface area contributed by atoms with E-state index in [0.717, 1.165) is 5.56 Å². The van der Waals surface area contributed by atoms with Crippen LogP contribution in [-0.2, 0) is 16.1 Å². The van der Waals surface area contributed by atoms with Gasteiger partial charge in [0.2, 0.25) is 0 Å². The van der Waals surface area contributed by atoms with Crippen molar-refractivity contribution in [1.82, 2.24) is 5.32 Å². The number of benzene rings is 2. The summed E-state index contributed by atoms with van der Waals surface area (Å²) < 4.78 is 5.46. The molecule has 0 heterocycles. The van der Waals surface area contributed by atoms with Crippen molar-refractivity contribution in [3.63, 3.8) is 0 Å². The number of hydrogen-bond donors (Lipinski definition) is 2. The molecule has 0 aromatic heterocycles. The Labute approximate surface area is 161 Å². The highest BCUT2D eigenvalue weighted by Crippen LogP contribution is 2.27. The van der Waals surface area contributed by atoms with Gasteiger partial charge < -0.3 is 15.2 Å². The van der Waals surface area contributed by atoms with Crippen LogP contribution in [0.25, 0.3) is 0 Å². The molecule has 27 heavy (non-hydrogen) atoms. The summed E-state index contributed by atoms with van der Waals surface area (Å²) >= 11 is 0. The first-order chi connectivity index (χ1) is 13.0. The number of aliphatic hydroxyl groups is 1. The smallest absolute Gasteiger partial charge is 0.314 e. The van der Waals surface area contributed by atoms with E-state index in [4.69, 9.17) is 4.74 Å². The quantitative estimate of drug-likeness (QED) is 0.519. The largest absolute Gasteiger partial charge is 0.463 e. The average Bonchev–Trinajstić information content (AvgIpc) is 2.67. The predicted molar refractivity (Wildman–Crippen MR) is 108 cm³/mol. The van der Waals surface area contributed by atoms with Crippen molar-refractivity contribution in [1.29, 1.82) is 0 Å². The molecule has 1 unspecified atom stereocenters. The third-order valence-corrected chi connectivity index (χ3v) is 4.28. The Morgan fingerprint density at radius 3 is 2.22 bits per heavy atom. The first kappa shape index (κ1) is 20.9. The number of hydrogen-bond acceptors (Lipinski definition) is 4. The third-order valence-electron chi connectivity index (χ3n) is 4.28. The zero-order valence-corrected chi connectivity index (χ0v) is 16.2. The minimum atomic E-state index is -0.970. The Balaban J connectivity index is 2.27. The van der Waals surface area contributed by atoms with Crippen molar-refractivity contribution >= 4 is 5.97 Å². The third kappa shape index (κ3) is 6.35. The summed E-state index contributed by atoms with van der Waals surface area (Å²) in [5.41, 5.74) is 1.80. The molecule has 0 aliphatic rings. The second-order valence-corrected chi connectivity index (χ2v) is 6.79. The maximum Gasteiger partial charge on any atom is 0.314 e. The van der Waals surface area contributed by atoms with Crippen LogP contribution >= 0.6 is 0 Å². The zero-order chi connectivity index (χ0) is 19.6. The van der Waals surface area contributed by atoms with Gasteiger partial charge >= 0.3 is 5.97 Å². The molecule has 0 saturated carbocycles. The molecule has 0 aliphatic carbocycles. The highest BCUT2D eigenvalue weighted by atomic mass is 16.5. The minimum absolute atomic E-state index is 0.247. The highest BCUT2D eigenvalue weighted by molar-refractivity contribution is 5.75. The topological polar surface area (TPSA) is 58.6 Å². The van der Waals surface area contributed by atoms with E-state index in [1.165, 1.54) is 0 Å². The van der Waals surface area contributed by atoms with Crippen LogP contribution in [0.5, 0.6) is 0 Å². The number of nitrogens with one attached hydrogen (secondary N) is 1. The first-order valence-electron chi connectivity index (χ1n) is 9.36. The second kappa shape index (κ2) is 10.7. The molecule has 2 rings (SSSR count). The number of ether oxygens (including phenoxy) is 1. The number of carbonyl (C=O) groups is 1. The molecule has 0 spiro atoms. The summed E-state index contributed by atoms with van der Waals surface area (Å²) in [4.78, 5) is 12.8. The Kier molecular flexibility index (Phi) is 8.24. The van der Waals surface area contributed by atoms with Crippen LogP contribution in [-0.4, -0.2) is 23.2 Å². The monoisotopic (exact) mass is 367 g/mol. The summed E-state index contributed by atoms with van der Waals surface area (Å²) in [6.07, 6.45) is 2.57. The standard InChI is InChI=1S/C23H29NO3/c1-4-11-20(24-16-18-12-7-5-8-13-18)21(23(26)27-17(2)3)22(25)19-14-9-6-10-15-19/h4-15,17,20-22,24-25H,16H2,1-3H3/b11-4+/t20-,21-,22?/m1/s1. The fraction of sp³-hybridized carbons (Fsp3) is 0.348. The van der Waals surface area contributed by atoms with Crippen molar-refractivity contribution in [3.05, 3.63) is 83.9 Å². The Bertz CT molecular complexity index is 713. The average molecular weight is 367 g/mol. The maximum atomic E-state index is 12.8. The molecule has 2 aromatic rings. The Morgan fingerprint density at radius 1 is 1.07 bits per heavy atom.